The molecule has 0 saturated carbocycles. The summed E-state index contributed by atoms with van der Waals surface area (Å²) >= 11 is 0. The smallest absolute Gasteiger partial charge is 0.306 e. The van der Waals surface area contributed by atoms with E-state index < -0.39 is 5.67 Å². The molecule has 0 N–H and O–H groups in total. The molecule has 0 aliphatic carbocycles. The minimum atomic E-state index is -1.35. The Labute approximate surface area is 159 Å². The average Bonchev–Trinajstić information content (AvgIpc) is 2.72. The Morgan fingerprint density at radius 3 is 2.56 bits per heavy atom. The molecule has 0 atom stereocenters. The van der Waals surface area contributed by atoms with Crippen LogP contribution in [0.1, 0.15) is 30.4 Å². The van der Waals surface area contributed by atoms with Crippen LogP contribution < -0.4 is 4.74 Å². The van der Waals surface area contributed by atoms with Crippen molar-refractivity contribution in [3.8, 4) is 5.75 Å². The number of alkyl halides is 1. The second-order valence-electron chi connectivity index (χ2n) is 6.94. The molecule has 0 unspecified atom stereocenters. The van der Waals surface area contributed by atoms with Gasteiger partial charge in [0.2, 0.25) is 0 Å². The number of rotatable bonds is 7. The quantitative estimate of drug-likeness (QED) is 0.687. The molecule has 1 heterocycles. The fraction of sp³-hybridized carbons (Fsp3) is 0.409. The zero-order valence-electron chi connectivity index (χ0n) is 15.7. The number of hydrogen-bond donors (Lipinski definition) is 0. The summed E-state index contributed by atoms with van der Waals surface area (Å²) in [7, 11) is 1.39. The minimum Gasteiger partial charge on any atom is -0.489 e. The number of esters is 1. The van der Waals surface area contributed by atoms with Gasteiger partial charge in [-0.25, -0.2) is 4.39 Å². The summed E-state index contributed by atoms with van der Waals surface area (Å²) in [6.07, 6.45) is 1.17. The van der Waals surface area contributed by atoms with E-state index in [1.165, 1.54) is 7.11 Å². The van der Waals surface area contributed by atoms with Gasteiger partial charge in [-0.1, -0.05) is 42.5 Å². The number of likely N-dealkylation sites (tertiary alicyclic amines) is 1. The molecule has 0 bridgehead atoms. The second-order valence-corrected chi connectivity index (χ2v) is 6.94. The van der Waals surface area contributed by atoms with Crippen molar-refractivity contribution in [2.24, 2.45) is 0 Å². The first-order valence-corrected chi connectivity index (χ1v) is 9.34. The molecule has 1 aliphatic rings. The Kier molecular flexibility index (Phi) is 6.45. The lowest BCUT2D eigenvalue weighted by molar-refractivity contribution is -0.141. The highest BCUT2D eigenvalue weighted by Crippen LogP contribution is 2.38. The van der Waals surface area contributed by atoms with Crippen molar-refractivity contribution in [3.05, 3.63) is 65.7 Å². The monoisotopic (exact) mass is 371 g/mol. The highest BCUT2D eigenvalue weighted by atomic mass is 19.1. The van der Waals surface area contributed by atoms with Gasteiger partial charge < -0.3 is 14.4 Å². The highest BCUT2D eigenvalue weighted by Gasteiger charge is 2.36. The minimum absolute atomic E-state index is 0.227. The molecule has 2 aromatic carbocycles. The second kappa shape index (κ2) is 9.00. The van der Waals surface area contributed by atoms with E-state index in [-0.39, 0.29) is 5.97 Å². The predicted octanol–water partition coefficient (Wildman–Crippen LogP) is 4.09. The van der Waals surface area contributed by atoms with E-state index in [0.717, 1.165) is 5.56 Å². The normalized spacial score (nSPS) is 16.7. The molecule has 3 rings (SSSR count). The average molecular weight is 371 g/mol. The third-order valence-corrected chi connectivity index (χ3v) is 5.11. The Morgan fingerprint density at radius 2 is 1.85 bits per heavy atom. The van der Waals surface area contributed by atoms with E-state index in [1.807, 2.05) is 54.6 Å². The van der Waals surface area contributed by atoms with Gasteiger partial charge >= 0.3 is 5.97 Å². The zero-order valence-corrected chi connectivity index (χ0v) is 15.7. The lowest BCUT2D eigenvalue weighted by Gasteiger charge is -2.36. The first-order chi connectivity index (χ1) is 13.1. The molecule has 5 heteroatoms. The molecule has 0 spiro atoms. The third-order valence-electron chi connectivity index (χ3n) is 5.11. The molecule has 27 heavy (non-hydrogen) atoms. The Hall–Kier alpha value is -2.40. The van der Waals surface area contributed by atoms with Crippen molar-refractivity contribution in [3.63, 3.8) is 0 Å². The van der Waals surface area contributed by atoms with Crippen LogP contribution in [0.25, 0.3) is 0 Å². The van der Waals surface area contributed by atoms with Crippen LogP contribution in [0.5, 0.6) is 5.75 Å². The van der Waals surface area contributed by atoms with E-state index in [4.69, 9.17) is 4.74 Å². The largest absolute Gasteiger partial charge is 0.489 e. The predicted molar refractivity (Wildman–Crippen MR) is 102 cm³/mol. The number of nitrogens with zero attached hydrogens (tertiary/aromatic N) is 1. The Bertz CT molecular complexity index is 742. The van der Waals surface area contributed by atoms with E-state index in [9.17, 15) is 4.79 Å². The standard InChI is InChI=1S/C22H26FNO3/c1-26-21(25)10-13-24-14-11-22(23,12-15-24)19-8-5-9-20(16-19)27-17-18-6-3-2-4-7-18/h2-9,16H,10-15,17H2,1H3. The molecule has 1 saturated heterocycles. The summed E-state index contributed by atoms with van der Waals surface area (Å²) in [5, 5.41) is 0. The van der Waals surface area contributed by atoms with Crippen molar-refractivity contribution in [2.45, 2.75) is 31.5 Å². The summed E-state index contributed by atoms with van der Waals surface area (Å²) < 4.78 is 26.0. The number of carbonyl (C=O) groups excluding carboxylic acids is 1. The maximum Gasteiger partial charge on any atom is 0.306 e. The fourth-order valence-corrected chi connectivity index (χ4v) is 3.38. The number of ether oxygens (including phenoxy) is 2. The third kappa shape index (κ3) is 5.30. The van der Waals surface area contributed by atoms with Gasteiger partial charge in [0, 0.05) is 19.6 Å². The van der Waals surface area contributed by atoms with Gasteiger partial charge in [0.05, 0.1) is 13.5 Å². The van der Waals surface area contributed by atoms with Crippen LogP contribution in [0.3, 0.4) is 0 Å². The Morgan fingerprint density at radius 1 is 1.11 bits per heavy atom. The first kappa shape index (κ1) is 19.4. The summed E-state index contributed by atoms with van der Waals surface area (Å²) in [6, 6.07) is 17.3. The molecule has 4 nitrogen and oxygen atoms in total. The van der Waals surface area contributed by atoms with Crippen LogP contribution in [-0.2, 0) is 21.8 Å². The molecule has 2 aromatic rings. The van der Waals surface area contributed by atoms with Crippen molar-refractivity contribution in [2.75, 3.05) is 26.7 Å². The summed E-state index contributed by atoms with van der Waals surface area (Å²) in [5.41, 5.74) is 0.394. The van der Waals surface area contributed by atoms with Crippen LogP contribution in [0, 0.1) is 0 Å². The molecule has 144 valence electrons. The van der Waals surface area contributed by atoms with Crippen molar-refractivity contribution >= 4 is 5.97 Å². The van der Waals surface area contributed by atoms with E-state index in [2.05, 4.69) is 9.64 Å². The number of halogens is 1. The lowest BCUT2D eigenvalue weighted by Crippen LogP contribution is -2.41. The molecule has 0 amide bonds. The molecular formula is C22H26FNO3. The van der Waals surface area contributed by atoms with Crippen LogP contribution in [0.15, 0.2) is 54.6 Å². The number of carbonyl (C=O) groups is 1. The number of methoxy groups -OCH3 is 1. The number of benzene rings is 2. The van der Waals surface area contributed by atoms with Gasteiger partial charge in [-0.2, -0.15) is 0 Å². The molecule has 1 aliphatic heterocycles. The van der Waals surface area contributed by atoms with E-state index in [1.54, 1.807) is 0 Å². The fourth-order valence-electron chi connectivity index (χ4n) is 3.38. The SMILES string of the molecule is COC(=O)CCN1CCC(F)(c2cccc(OCc3ccccc3)c2)CC1. The zero-order chi connectivity index (χ0) is 19.1. The van der Waals surface area contributed by atoms with Crippen molar-refractivity contribution in [1.82, 2.24) is 4.90 Å². The van der Waals surface area contributed by atoms with Crippen molar-refractivity contribution < 1.29 is 18.7 Å². The van der Waals surface area contributed by atoms with E-state index in [0.29, 0.717) is 56.8 Å². The van der Waals surface area contributed by atoms with Gasteiger partial charge in [-0.05, 0) is 36.1 Å². The maximum absolute atomic E-state index is 15.5. The molecule has 0 aromatic heterocycles. The Balaban J connectivity index is 1.57. The van der Waals surface area contributed by atoms with Gasteiger partial charge in [0.25, 0.3) is 0 Å². The summed E-state index contributed by atoms with van der Waals surface area (Å²) in [5.74, 6) is 0.455. The molecule has 0 radical (unpaired) electrons. The van der Waals surface area contributed by atoms with E-state index >= 15 is 4.39 Å². The van der Waals surface area contributed by atoms with Crippen LogP contribution in [0.4, 0.5) is 4.39 Å². The van der Waals surface area contributed by atoms with Gasteiger partial charge in [0.15, 0.2) is 0 Å². The van der Waals surface area contributed by atoms with Gasteiger partial charge in [-0.15, -0.1) is 0 Å². The number of hydrogen-bond acceptors (Lipinski definition) is 4. The van der Waals surface area contributed by atoms with Crippen LogP contribution in [-0.4, -0.2) is 37.6 Å². The van der Waals surface area contributed by atoms with Gasteiger partial charge in [0.1, 0.15) is 18.0 Å². The summed E-state index contributed by atoms with van der Waals surface area (Å²) in [6.45, 7) is 2.33. The first-order valence-electron chi connectivity index (χ1n) is 9.34. The van der Waals surface area contributed by atoms with Crippen LogP contribution >= 0.6 is 0 Å². The van der Waals surface area contributed by atoms with Crippen LogP contribution in [0.2, 0.25) is 0 Å². The topological polar surface area (TPSA) is 38.8 Å². The lowest BCUT2D eigenvalue weighted by atomic mass is 9.86. The highest BCUT2D eigenvalue weighted by molar-refractivity contribution is 5.69. The number of piperidine rings is 1. The van der Waals surface area contributed by atoms with Gasteiger partial charge in [-0.3, -0.25) is 4.79 Å². The maximum atomic E-state index is 15.5. The van der Waals surface area contributed by atoms with Crippen molar-refractivity contribution in [1.29, 1.82) is 0 Å². The molecular weight excluding hydrogens is 345 g/mol. The molecule has 1 fully saturated rings. The summed E-state index contributed by atoms with van der Waals surface area (Å²) in [4.78, 5) is 13.4.